The van der Waals surface area contributed by atoms with Crippen LogP contribution in [0.5, 0.6) is 0 Å². The van der Waals surface area contributed by atoms with E-state index in [1.54, 1.807) is 0 Å². The first-order valence-electron chi connectivity index (χ1n) is 1.38. The molecule has 0 spiro atoms. The molecule has 0 nitrogen and oxygen atoms in total. The molecule has 0 fully saturated rings. The first-order valence-corrected chi connectivity index (χ1v) is 8.50. The Morgan fingerprint density at radius 2 is 1.60 bits per heavy atom. The van der Waals surface area contributed by atoms with E-state index in [0.717, 1.165) is 0 Å². The van der Waals surface area contributed by atoms with Crippen molar-refractivity contribution in [2.24, 2.45) is 0 Å². The van der Waals surface area contributed by atoms with E-state index in [0.29, 0.717) is 0 Å². The van der Waals surface area contributed by atoms with Gasteiger partial charge in [0, 0.05) is 0 Å². The minimum Gasteiger partial charge on any atom is -0.154 e. The molecule has 5 heavy (non-hydrogen) atoms. The highest BCUT2D eigenvalue weighted by molar-refractivity contribution is 14.1. The second-order valence-electron chi connectivity index (χ2n) is 1.33. The Bertz CT molecular complexity index is 25.1. The minimum absolute atomic E-state index is 1.17. The maximum Gasteiger partial charge on any atom is 0.215 e. The third kappa shape index (κ3) is 35.9. The summed E-state index contributed by atoms with van der Waals surface area (Å²) in [6.07, 6.45) is 0. The third-order valence-electron chi connectivity index (χ3n) is 0. The fraction of sp³-hybridized carbons (Fsp3) is 1.00. The van der Waals surface area contributed by atoms with E-state index in [2.05, 4.69) is 34.9 Å². The molecule has 0 aromatic carbocycles. The lowest BCUT2D eigenvalue weighted by atomic mass is 11.9. The van der Waals surface area contributed by atoms with E-state index in [4.69, 9.17) is 11.1 Å². The summed E-state index contributed by atoms with van der Waals surface area (Å²) in [7, 11) is 0. The van der Waals surface area contributed by atoms with Gasteiger partial charge in [-0.2, -0.15) is 11.1 Å². The molecule has 0 aromatic rings. The van der Waals surface area contributed by atoms with Crippen molar-refractivity contribution in [3.8, 4) is 0 Å². The molecule has 3 heteroatoms. The summed E-state index contributed by atoms with van der Waals surface area (Å²) < 4.78 is 0. The van der Waals surface area contributed by atoms with Crippen molar-refractivity contribution < 1.29 is 0 Å². The highest BCUT2D eigenvalue weighted by Crippen LogP contribution is 2.14. The van der Waals surface area contributed by atoms with Crippen molar-refractivity contribution in [3.63, 3.8) is 0 Å². The summed E-state index contributed by atoms with van der Waals surface area (Å²) in [4.78, 5) is -1.17. The number of hydrogen-bond acceptors (Lipinski definition) is 0. The summed E-state index contributed by atoms with van der Waals surface area (Å²) in [5.74, 6) is 0. The van der Waals surface area contributed by atoms with Gasteiger partial charge in [-0.15, -0.1) is 0 Å². The number of halogens is 2. The van der Waals surface area contributed by atoms with Gasteiger partial charge >= 0.3 is 0 Å². The molecule has 0 aliphatic carbocycles. The van der Waals surface area contributed by atoms with Crippen LogP contribution in [0.15, 0.2) is 0 Å². The molecule has 0 aliphatic rings. The molecule has 0 amide bonds. The van der Waals surface area contributed by atoms with Gasteiger partial charge in [-0.3, -0.25) is 0 Å². The topological polar surface area (TPSA) is 0 Å². The molecule has 0 aliphatic heterocycles. The molecule has 0 aromatic heterocycles. The lowest BCUT2D eigenvalue weighted by Crippen LogP contribution is -2.00. The first kappa shape index (κ1) is 6.24. The van der Waals surface area contributed by atoms with E-state index in [1.807, 2.05) is 0 Å². The average Bonchev–Trinajstić information content (AvgIpc) is 0.722. The van der Waals surface area contributed by atoms with Crippen molar-refractivity contribution in [1.82, 2.24) is 0 Å². The van der Waals surface area contributed by atoms with Crippen molar-refractivity contribution in [1.29, 1.82) is 0 Å². The highest BCUT2D eigenvalue weighted by Gasteiger charge is 2.07. The minimum atomic E-state index is -1.17. The van der Waals surface area contributed by atoms with Crippen LogP contribution in [0.4, 0.5) is 0 Å². The van der Waals surface area contributed by atoms with E-state index in [9.17, 15) is 0 Å². The smallest absolute Gasteiger partial charge is 0.154 e. The van der Waals surface area contributed by atoms with Gasteiger partial charge in [-0.05, 0) is 13.1 Å². The normalized spacial score (nSPS) is 12.0. The van der Waals surface area contributed by atoms with Gasteiger partial charge in [-0.1, -0.05) is 21.8 Å². The molecule has 0 rings (SSSR count). The summed E-state index contributed by atoms with van der Waals surface area (Å²) in [6.45, 7) is 4.16. The quantitative estimate of drug-likeness (QED) is 0.334. The average molecular weight is 221 g/mol. The Kier molecular flexibility index (Phi) is 2.24. The fourth-order valence-electron chi connectivity index (χ4n) is 0. The molecular formula is C2H6ClISi. The standard InChI is InChI=1S/C2H6ClISi/c1-5(2,3)4/h1-2H3. The SMILES string of the molecule is C[Si](C)(Cl)I. The maximum absolute atomic E-state index is 5.66. The zero-order valence-electron chi connectivity index (χ0n) is 3.26. The van der Waals surface area contributed by atoms with Crippen LogP contribution in [0.3, 0.4) is 0 Å². The highest BCUT2D eigenvalue weighted by atomic mass is 127. The predicted molar refractivity (Wildman–Crippen MR) is 37.4 cm³/mol. The van der Waals surface area contributed by atoms with Crippen LogP contribution in [0.2, 0.25) is 13.1 Å². The van der Waals surface area contributed by atoms with Crippen molar-refractivity contribution in [2.75, 3.05) is 0 Å². The molecule has 0 saturated carbocycles. The Morgan fingerprint density at radius 1 is 1.60 bits per heavy atom. The van der Waals surface area contributed by atoms with E-state index in [1.165, 1.54) is 0 Å². The second-order valence-corrected chi connectivity index (χ2v) is 16.8. The monoisotopic (exact) mass is 220 g/mol. The summed E-state index contributed by atoms with van der Waals surface area (Å²) in [5, 5.41) is 0. The van der Waals surface area contributed by atoms with Crippen LogP contribution in [0, 0.1) is 0 Å². The van der Waals surface area contributed by atoms with Crippen LogP contribution in [-0.4, -0.2) is 4.88 Å². The molecule has 0 heterocycles. The lowest BCUT2D eigenvalue weighted by molar-refractivity contribution is 2.09. The molecule has 32 valence electrons. The molecular weight excluding hydrogens is 214 g/mol. The van der Waals surface area contributed by atoms with Crippen molar-refractivity contribution in [3.05, 3.63) is 0 Å². The van der Waals surface area contributed by atoms with Gasteiger partial charge in [-0.25, -0.2) is 0 Å². The Balaban J connectivity index is 3.02. The molecule has 0 saturated heterocycles. The molecule has 0 atom stereocenters. The van der Waals surface area contributed by atoms with Crippen molar-refractivity contribution >= 4 is 37.8 Å². The van der Waals surface area contributed by atoms with Crippen LogP contribution in [0.25, 0.3) is 0 Å². The summed E-state index contributed by atoms with van der Waals surface area (Å²) in [6, 6.07) is 0. The van der Waals surface area contributed by atoms with Crippen LogP contribution < -0.4 is 0 Å². The van der Waals surface area contributed by atoms with E-state index < -0.39 is 4.88 Å². The zero-order valence-corrected chi connectivity index (χ0v) is 7.17. The van der Waals surface area contributed by atoms with Gasteiger partial charge in [0.1, 0.15) is 0 Å². The lowest BCUT2D eigenvalue weighted by Gasteiger charge is -1.94. The maximum atomic E-state index is 5.66. The first-order chi connectivity index (χ1) is 2.00. The Hall–Kier alpha value is 1.24. The number of hydrogen-bond donors (Lipinski definition) is 0. The Labute approximate surface area is 50.8 Å². The number of rotatable bonds is 0. The second kappa shape index (κ2) is 1.79. The summed E-state index contributed by atoms with van der Waals surface area (Å²) in [5.41, 5.74) is 0. The largest absolute Gasteiger partial charge is 0.215 e. The van der Waals surface area contributed by atoms with Crippen molar-refractivity contribution in [2.45, 2.75) is 13.1 Å². The van der Waals surface area contributed by atoms with Gasteiger partial charge < -0.3 is 0 Å². The van der Waals surface area contributed by atoms with Crippen LogP contribution in [0.1, 0.15) is 0 Å². The predicted octanol–water partition coefficient (Wildman–Crippen LogP) is 2.36. The van der Waals surface area contributed by atoms with E-state index in [-0.39, 0.29) is 0 Å². The van der Waals surface area contributed by atoms with E-state index >= 15 is 0 Å². The fourth-order valence-corrected chi connectivity index (χ4v) is 0. The van der Waals surface area contributed by atoms with Gasteiger partial charge in [0.2, 0.25) is 4.88 Å². The Morgan fingerprint density at radius 3 is 1.60 bits per heavy atom. The molecule has 0 radical (unpaired) electrons. The molecule has 0 bridgehead atoms. The molecule has 0 N–H and O–H groups in total. The zero-order chi connectivity index (χ0) is 4.50. The van der Waals surface area contributed by atoms with Gasteiger partial charge in [0.05, 0.1) is 0 Å². The van der Waals surface area contributed by atoms with Gasteiger partial charge in [0.15, 0.2) is 0 Å². The molecule has 0 unspecified atom stereocenters. The summed E-state index contributed by atoms with van der Waals surface area (Å²) >= 11 is 7.94. The van der Waals surface area contributed by atoms with Gasteiger partial charge in [0.25, 0.3) is 0 Å². The van der Waals surface area contributed by atoms with Crippen LogP contribution >= 0.6 is 32.9 Å². The third-order valence-corrected chi connectivity index (χ3v) is 0. The van der Waals surface area contributed by atoms with Crippen LogP contribution in [-0.2, 0) is 0 Å².